The topological polar surface area (TPSA) is 71.5 Å². The van der Waals surface area contributed by atoms with Gasteiger partial charge in [0, 0.05) is 23.3 Å². The molecule has 1 saturated heterocycles. The lowest BCUT2D eigenvalue weighted by Gasteiger charge is -2.35. The predicted molar refractivity (Wildman–Crippen MR) is 96.6 cm³/mol. The van der Waals surface area contributed by atoms with Crippen molar-refractivity contribution in [3.05, 3.63) is 28.8 Å². The Bertz CT molecular complexity index is 773. The number of hydrogen-bond donors (Lipinski definition) is 0. The smallest absolute Gasteiger partial charge is 0.212 e. The summed E-state index contributed by atoms with van der Waals surface area (Å²) in [6, 6.07) is 4.78. The summed E-state index contributed by atoms with van der Waals surface area (Å²) in [6.45, 7) is 2.14. The fraction of sp³-hybridized carbons (Fsp3) is 0.600. The van der Waals surface area contributed by atoms with E-state index in [1.807, 2.05) is 0 Å². The van der Waals surface area contributed by atoms with Gasteiger partial charge in [0.1, 0.15) is 4.90 Å². The molecule has 1 aromatic carbocycles. The Kier molecular flexibility index (Phi) is 6.58. The zero-order chi connectivity index (χ0) is 18.0. The molecule has 1 atom stereocenters. The second kappa shape index (κ2) is 7.91. The highest BCUT2D eigenvalue weighted by molar-refractivity contribution is 8.13. The summed E-state index contributed by atoms with van der Waals surface area (Å²) in [7, 11) is -2.04. The van der Waals surface area contributed by atoms with Crippen LogP contribution in [0.2, 0.25) is 5.02 Å². The maximum Gasteiger partial charge on any atom is 0.245 e. The third-order valence-electron chi connectivity index (χ3n) is 4.23. The Labute approximate surface area is 153 Å². The van der Waals surface area contributed by atoms with Crippen molar-refractivity contribution >= 4 is 41.4 Å². The maximum absolute atomic E-state index is 13.1. The molecule has 0 N–H and O–H groups in total. The molecule has 0 spiro atoms. The molecule has 0 aromatic heterocycles. The summed E-state index contributed by atoms with van der Waals surface area (Å²) in [5.74, 6) is -0.149. The van der Waals surface area contributed by atoms with Crippen LogP contribution in [0.5, 0.6) is 0 Å². The number of rotatable bonds is 6. The SMILES string of the molecule is Cc1cccc(Cl)c1S(=O)(=O)N1CCCCC1CCCS(=O)(=O)Cl. The molecule has 0 aliphatic carbocycles. The van der Waals surface area contributed by atoms with Crippen molar-refractivity contribution in [3.63, 3.8) is 0 Å². The second-order valence-corrected chi connectivity index (χ2v) is 11.2. The van der Waals surface area contributed by atoms with E-state index in [4.69, 9.17) is 22.3 Å². The Morgan fingerprint density at radius 3 is 2.54 bits per heavy atom. The van der Waals surface area contributed by atoms with E-state index in [2.05, 4.69) is 0 Å². The highest BCUT2D eigenvalue weighted by Gasteiger charge is 2.35. The van der Waals surface area contributed by atoms with Gasteiger partial charge in [-0.1, -0.05) is 30.2 Å². The summed E-state index contributed by atoms with van der Waals surface area (Å²) in [5.41, 5.74) is 0.607. The first-order chi connectivity index (χ1) is 11.1. The maximum atomic E-state index is 13.1. The van der Waals surface area contributed by atoms with Crippen LogP contribution in [0.3, 0.4) is 0 Å². The number of halogens is 2. The summed E-state index contributed by atoms with van der Waals surface area (Å²) < 4.78 is 49.8. The second-order valence-electron chi connectivity index (χ2n) is 6.04. The van der Waals surface area contributed by atoms with Crippen LogP contribution >= 0.6 is 22.3 Å². The molecular formula is C15H21Cl2NO4S2. The van der Waals surface area contributed by atoms with Crippen molar-refractivity contribution in [2.24, 2.45) is 0 Å². The van der Waals surface area contributed by atoms with Gasteiger partial charge in [0.05, 0.1) is 10.8 Å². The van der Waals surface area contributed by atoms with Gasteiger partial charge in [-0.3, -0.25) is 0 Å². The summed E-state index contributed by atoms with van der Waals surface area (Å²) in [6.07, 6.45) is 3.22. The van der Waals surface area contributed by atoms with Crippen LogP contribution in [0.25, 0.3) is 0 Å². The number of sulfonamides is 1. The van der Waals surface area contributed by atoms with E-state index in [-0.39, 0.29) is 21.7 Å². The molecule has 5 nitrogen and oxygen atoms in total. The number of benzene rings is 1. The Hall–Kier alpha value is -0.340. The summed E-state index contributed by atoms with van der Waals surface area (Å²) in [5, 5.41) is 0.211. The molecule has 1 aromatic rings. The van der Waals surface area contributed by atoms with Crippen LogP contribution < -0.4 is 0 Å². The van der Waals surface area contributed by atoms with Gasteiger partial charge < -0.3 is 0 Å². The van der Waals surface area contributed by atoms with Crippen LogP contribution in [-0.4, -0.2) is 39.5 Å². The van der Waals surface area contributed by atoms with E-state index < -0.39 is 19.1 Å². The van der Waals surface area contributed by atoms with Crippen LogP contribution in [0, 0.1) is 6.92 Å². The van der Waals surface area contributed by atoms with Gasteiger partial charge in [-0.25, -0.2) is 16.8 Å². The van der Waals surface area contributed by atoms with Crippen molar-refractivity contribution in [2.45, 2.75) is 50.0 Å². The van der Waals surface area contributed by atoms with E-state index in [1.54, 1.807) is 25.1 Å². The molecule has 0 amide bonds. The molecule has 1 aliphatic heterocycles. The molecule has 136 valence electrons. The lowest BCUT2D eigenvalue weighted by atomic mass is 10.0. The normalized spacial score (nSPS) is 20.2. The Morgan fingerprint density at radius 2 is 1.92 bits per heavy atom. The first-order valence-corrected chi connectivity index (χ1v) is 12.1. The van der Waals surface area contributed by atoms with Crippen LogP contribution in [0.4, 0.5) is 0 Å². The summed E-state index contributed by atoms with van der Waals surface area (Å²) in [4.78, 5) is 0.142. The van der Waals surface area contributed by atoms with Gasteiger partial charge in [0.25, 0.3) is 0 Å². The van der Waals surface area contributed by atoms with Crippen LogP contribution in [-0.2, 0) is 19.1 Å². The van der Waals surface area contributed by atoms with Gasteiger partial charge in [0.15, 0.2) is 0 Å². The molecule has 0 saturated carbocycles. The Balaban J connectivity index is 2.25. The molecule has 2 rings (SSSR count). The Morgan fingerprint density at radius 1 is 1.21 bits per heavy atom. The highest BCUT2D eigenvalue weighted by Crippen LogP contribution is 2.33. The molecule has 9 heteroatoms. The van der Waals surface area contributed by atoms with E-state index in [1.165, 1.54) is 4.31 Å². The van der Waals surface area contributed by atoms with Crippen LogP contribution in [0.15, 0.2) is 23.1 Å². The predicted octanol–water partition coefficient (Wildman–Crippen LogP) is 3.54. The number of aryl methyl sites for hydroxylation is 1. The van der Waals surface area contributed by atoms with Gasteiger partial charge in [-0.2, -0.15) is 4.31 Å². The minimum absolute atomic E-state index is 0.142. The molecule has 0 bridgehead atoms. The van der Waals surface area contributed by atoms with E-state index >= 15 is 0 Å². The van der Waals surface area contributed by atoms with E-state index in [0.29, 0.717) is 31.4 Å². The van der Waals surface area contributed by atoms with Crippen molar-refractivity contribution in [1.82, 2.24) is 4.31 Å². The lowest BCUT2D eigenvalue weighted by Crippen LogP contribution is -2.44. The third kappa shape index (κ3) is 4.85. The van der Waals surface area contributed by atoms with Gasteiger partial charge in [0.2, 0.25) is 19.1 Å². The average molecular weight is 414 g/mol. The lowest BCUT2D eigenvalue weighted by molar-refractivity contribution is 0.240. The number of hydrogen-bond acceptors (Lipinski definition) is 4. The fourth-order valence-electron chi connectivity index (χ4n) is 3.13. The third-order valence-corrected chi connectivity index (χ3v) is 8.05. The molecule has 1 aliphatic rings. The van der Waals surface area contributed by atoms with E-state index in [9.17, 15) is 16.8 Å². The minimum Gasteiger partial charge on any atom is -0.212 e. The zero-order valence-electron chi connectivity index (χ0n) is 13.4. The average Bonchev–Trinajstić information content (AvgIpc) is 2.46. The van der Waals surface area contributed by atoms with Gasteiger partial charge in [-0.15, -0.1) is 0 Å². The van der Waals surface area contributed by atoms with Gasteiger partial charge in [-0.05, 0) is 44.2 Å². The first kappa shape index (κ1) is 20.0. The minimum atomic E-state index is -3.72. The quantitative estimate of drug-likeness (QED) is 0.668. The number of piperidine rings is 1. The standard InChI is InChI=1S/C15H21Cl2NO4S2/c1-12-6-4-9-14(16)15(12)24(21,22)18-10-3-2-7-13(18)8-5-11-23(17,19)20/h4,6,9,13H,2-3,5,7-8,10-11H2,1H3. The molecule has 0 radical (unpaired) electrons. The largest absolute Gasteiger partial charge is 0.245 e. The van der Waals surface area contributed by atoms with Crippen molar-refractivity contribution in [1.29, 1.82) is 0 Å². The fourth-order valence-corrected chi connectivity index (χ4v) is 6.48. The molecule has 1 unspecified atom stereocenters. The zero-order valence-corrected chi connectivity index (χ0v) is 16.6. The first-order valence-electron chi connectivity index (χ1n) is 7.82. The monoisotopic (exact) mass is 413 g/mol. The van der Waals surface area contributed by atoms with Crippen molar-refractivity contribution in [2.75, 3.05) is 12.3 Å². The molecular weight excluding hydrogens is 393 g/mol. The molecule has 24 heavy (non-hydrogen) atoms. The van der Waals surface area contributed by atoms with Crippen molar-refractivity contribution < 1.29 is 16.8 Å². The van der Waals surface area contributed by atoms with Gasteiger partial charge >= 0.3 is 0 Å². The molecule has 1 fully saturated rings. The summed E-state index contributed by atoms with van der Waals surface area (Å²) >= 11 is 6.14. The van der Waals surface area contributed by atoms with Crippen LogP contribution in [0.1, 0.15) is 37.7 Å². The number of nitrogens with zero attached hydrogens (tertiary/aromatic N) is 1. The van der Waals surface area contributed by atoms with E-state index in [0.717, 1.165) is 12.8 Å². The molecule has 1 heterocycles. The highest BCUT2D eigenvalue weighted by atomic mass is 35.7. The van der Waals surface area contributed by atoms with Crippen molar-refractivity contribution in [3.8, 4) is 0 Å².